The normalized spacial score (nSPS) is 14.6. The van der Waals surface area contributed by atoms with E-state index in [-0.39, 0.29) is 33.8 Å². The van der Waals surface area contributed by atoms with E-state index in [0.29, 0.717) is 0 Å². The molecule has 0 saturated heterocycles. The number of rotatable bonds is 2. The van der Waals surface area contributed by atoms with Gasteiger partial charge in [-0.15, -0.1) is 0 Å². The summed E-state index contributed by atoms with van der Waals surface area (Å²) in [5.41, 5.74) is 18.5. The van der Waals surface area contributed by atoms with E-state index in [1.807, 2.05) is 0 Å². The molecule has 0 atom stereocenters. The van der Waals surface area contributed by atoms with E-state index in [4.69, 9.17) is 0 Å². The highest BCUT2D eigenvalue weighted by Crippen LogP contribution is 2.46. The van der Waals surface area contributed by atoms with Gasteiger partial charge in [-0.05, 0) is 120 Å². The minimum absolute atomic E-state index is 0.00167. The molecule has 2 heterocycles. The second kappa shape index (κ2) is 12.1. The zero-order chi connectivity index (χ0) is 38.6. The van der Waals surface area contributed by atoms with Crippen LogP contribution in [0.25, 0.3) is 0 Å². The molecule has 0 bridgehead atoms. The lowest BCUT2D eigenvalue weighted by molar-refractivity contribution is 0.568. The minimum atomic E-state index is 0.00167. The maximum atomic E-state index is 2.58. The highest BCUT2D eigenvalue weighted by molar-refractivity contribution is 7.00. The molecule has 274 valence electrons. The third kappa shape index (κ3) is 6.53. The van der Waals surface area contributed by atoms with Crippen molar-refractivity contribution in [1.29, 1.82) is 0 Å². The highest BCUT2D eigenvalue weighted by atomic mass is 15.2. The number of hydrogen-bond acceptors (Lipinski definition) is 2. The fourth-order valence-electron chi connectivity index (χ4n) is 8.15. The molecule has 2 aliphatic heterocycles. The largest absolute Gasteiger partial charge is 0.311 e. The molecule has 5 aromatic carbocycles. The molecular formula is C50H61BN2. The minimum Gasteiger partial charge on any atom is -0.311 e. The molecule has 0 amide bonds. The summed E-state index contributed by atoms with van der Waals surface area (Å²) in [7, 11) is 0. The number of nitrogens with zero attached hydrogens (tertiary/aromatic N) is 2. The van der Waals surface area contributed by atoms with E-state index in [9.17, 15) is 0 Å². The van der Waals surface area contributed by atoms with E-state index in [1.165, 1.54) is 78.3 Å². The summed E-state index contributed by atoms with van der Waals surface area (Å²) < 4.78 is 0. The highest BCUT2D eigenvalue weighted by Gasteiger charge is 2.44. The molecule has 3 heteroatoms. The molecule has 0 aromatic heterocycles. The van der Waals surface area contributed by atoms with Gasteiger partial charge in [0.2, 0.25) is 0 Å². The summed E-state index contributed by atoms with van der Waals surface area (Å²) in [5, 5.41) is 0. The standard InChI is InChI=1S/C50H61BN2/c1-46(2,3)32-19-23-37(24-20-32)52-41-25-21-33(47(4,5)6)30-39(41)51-40-31-34(48(7,8)9)22-26-42(40)53(44-18-16-17-43(52)45(44)51)38-28-35(49(10,11)12)27-36(29-38)50(13,14)15/h16-31H,1-15H3. The van der Waals surface area contributed by atoms with Gasteiger partial charge in [0.15, 0.2) is 0 Å². The summed E-state index contributed by atoms with van der Waals surface area (Å²) >= 11 is 0. The number of benzene rings is 5. The van der Waals surface area contributed by atoms with Crippen molar-refractivity contribution in [3.05, 3.63) is 125 Å². The number of fused-ring (bicyclic) bond motifs is 4. The zero-order valence-electron chi connectivity index (χ0n) is 35.2. The van der Waals surface area contributed by atoms with Crippen molar-refractivity contribution in [1.82, 2.24) is 0 Å². The maximum absolute atomic E-state index is 2.58. The molecule has 0 fully saturated rings. The molecule has 2 aliphatic rings. The monoisotopic (exact) mass is 700 g/mol. The molecule has 5 aromatic rings. The smallest absolute Gasteiger partial charge is 0.252 e. The van der Waals surface area contributed by atoms with E-state index in [1.54, 1.807) is 0 Å². The van der Waals surface area contributed by atoms with Gasteiger partial charge in [0, 0.05) is 34.1 Å². The first-order valence-corrected chi connectivity index (χ1v) is 19.7. The molecule has 0 aliphatic carbocycles. The van der Waals surface area contributed by atoms with Crippen molar-refractivity contribution in [2.24, 2.45) is 0 Å². The average molecular weight is 701 g/mol. The fraction of sp³-hybridized carbons (Fsp3) is 0.400. The zero-order valence-corrected chi connectivity index (χ0v) is 35.2. The van der Waals surface area contributed by atoms with Crippen molar-refractivity contribution in [3.63, 3.8) is 0 Å². The maximum Gasteiger partial charge on any atom is 0.252 e. The molecule has 0 saturated carbocycles. The second-order valence-corrected chi connectivity index (χ2v) is 20.9. The molecule has 2 nitrogen and oxygen atoms in total. The Morgan fingerprint density at radius 3 is 1.11 bits per heavy atom. The van der Waals surface area contributed by atoms with Crippen molar-refractivity contribution >= 4 is 57.2 Å². The van der Waals surface area contributed by atoms with Gasteiger partial charge in [-0.25, -0.2) is 0 Å². The van der Waals surface area contributed by atoms with E-state index in [0.717, 1.165) is 0 Å². The van der Waals surface area contributed by atoms with Crippen LogP contribution in [0.2, 0.25) is 0 Å². The van der Waals surface area contributed by atoms with Gasteiger partial charge in [-0.2, -0.15) is 0 Å². The van der Waals surface area contributed by atoms with Crippen LogP contribution in [0.1, 0.15) is 132 Å². The van der Waals surface area contributed by atoms with Crippen LogP contribution in [-0.2, 0) is 27.1 Å². The average Bonchev–Trinajstić information content (AvgIpc) is 3.05. The quantitative estimate of drug-likeness (QED) is 0.166. The molecular weight excluding hydrogens is 639 g/mol. The Kier molecular flexibility index (Phi) is 8.50. The van der Waals surface area contributed by atoms with Crippen molar-refractivity contribution in [2.45, 2.75) is 131 Å². The van der Waals surface area contributed by atoms with Crippen LogP contribution in [0.5, 0.6) is 0 Å². The lowest BCUT2D eigenvalue weighted by atomic mass is 9.33. The number of anilines is 6. The fourth-order valence-corrected chi connectivity index (χ4v) is 8.15. The van der Waals surface area contributed by atoms with Gasteiger partial charge in [0.05, 0.1) is 0 Å². The van der Waals surface area contributed by atoms with Crippen LogP contribution < -0.4 is 26.2 Å². The van der Waals surface area contributed by atoms with Gasteiger partial charge in [0.1, 0.15) is 0 Å². The third-order valence-electron chi connectivity index (χ3n) is 11.6. The van der Waals surface area contributed by atoms with Crippen LogP contribution >= 0.6 is 0 Å². The summed E-state index contributed by atoms with van der Waals surface area (Å²) in [6.07, 6.45) is 0. The van der Waals surface area contributed by atoms with Crippen LogP contribution in [0, 0.1) is 0 Å². The first kappa shape index (κ1) is 37.1. The van der Waals surface area contributed by atoms with Crippen molar-refractivity contribution < 1.29 is 0 Å². The molecule has 0 spiro atoms. The predicted molar refractivity (Wildman–Crippen MR) is 234 cm³/mol. The Labute approximate surface area is 321 Å². The topological polar surface area (TPSA) is 6.48 Å². The van der Waals surface area contributed by atoms with Gasteiger partial charge in [-0.3, -0.25) is 0 Å². The molecule has 53 heavy (non-hydrogen) atoms. The third-order valence-corrected chi connectivity index (χ3v) is 11.6. The van der Waals surface area contributed by atoms with Crippen molar-refractivity contribution in [2.75, 3.05) is 9.80 Å². The molecule has 7 rings (SSSR count). The summed E-state index contributed by atoms with van der Waals surface area (Å²) in [6, 6.07) is 38.2. The van der Waals surface area contributed by atoms with E-state index >= 15 is 0 Å². The van der Waals surface area contributed by atoms with Crippen LogP contribution in [0.4, 0.5) is 34.1 Å². The SMILES string of the molecule is CC(C)(C)c1ccc(N2c3ccc(C(C)(C)C)cc3B3c4cc(C(C)(C)C)ccc4N(c4cc(C(C)(C)C)cc(C(C)(C)C)c4)c4cccc2c43)cc1. The van der Waals surface area contributed by atoms with Crippen LogP contribution in [-0.4, -0.2) is 6.71 Å². The summed E-state index contributed by atoms with van der Waals surface area (Å²) in [4.78, 5) is 5.12. The van der Waals surface area contributed by atoms with Crippen molar-refractivity contribution in [3.8, 4) is 0 Å². The van der Waals surface area contributed by atoms with Crippen LogP contribution in [0.3, 0.4) is 0 Å². The van der Waals surface area contributed by atoms with Gasteiger partial charge < -0.3 is 9.80 Å². The lowest BCUT2D eigenvalue weighted by Gasteiger charge is -2.45. The Bertz CT molecular complexity index is 2170. The van der Waals surface area contributed by atoms with E-state index in [2.05, 4.69) is 211 Å². The van der Waals surface area contributed by atoms with Crippen LogP contribution in [0.15, 0.2) is 97.1 Å². The molecule has 0 radical (unpaired) electrons. The van der Waals surface area contributed by atoms with Gasteiger partial charge in [-0.1, -0.05) is 152 Å². The van der Waals surface area contributed by atoms with Gasteiger partial charge >= 0.3 is 0 Å². The summed E-state index contributed by atoms with van der Waals surface area (Å²) in [6.45, 7) is 35.0. The first-order valence-electron chi connectivity index (χ1n) is 19.7. The Balaban J connectivity index is 1.59. The van der Waals surface area contributed by atoms with Gasteiger partial charge in [0.25, 0.3) is 6.71 Å². The Morgan fingerprint density at radius 1 is 0.340 bits per heavy atom. The number of hydrogen-bond donors (Lipinski definition) is 0. The predicted octanol–water partition coefficient (Wildman–Crippen LogP) is 12.3. The Morgan fingerprint density at radius 2 is 0.717 bits per heavy atom. The molecule has 0 N–H and O–H groups in total. The second-order valence-electron chi connectivity index (χ2n) is 20.9. The molecule has 0 unspecified atom stereocenters. The van der Waals surface area contributed by atoms with E-state index < -0.39 is 0 Å². The first-order chi connectivity index (χ1) is 24.4. The Hall–Kier alpha value is -4.24. The summed E-state index contributed by atoms with van der Waals surface area (Å²) in [5.74, 6) is 0. The lowest BCUT2D eigenvalue weighted by Crippen LogP contribution is -2.61.